The fourth-order valence-corrected chi connectivity index (χ4v) is 2.79. The van der Waals surface area contributed by atoms with Crippen LogP contribution in [0, 0.1) is 0 Å². The maximum atomic E-state index is 12.2. The quantitative estimate of drug-likeness (QED) is 0.518. The lowest BCUT2D eigenvalue weighted by atomic mass is 10.3. The Balaban J connectivity index is 4.71. The summed E-state index contributed by atoms with van der Waals surface area (Å²) in [5, 5.41) is 9.12. The van der Waals surface area contributed by atoms with Gasteiger partial charge in [0.1, 0.15) is 0 Å². The highest BCUT2D eigenvalue weighted by Crippen LogP contribution is 2.56. The summed E-state index contributed by atoms with van der Waals surface area (Å²) in [7, 11) is -3.23. The van der Waals surface area contributed by atoms with Gasteiger partial charge in [-0.05, 0) is 26.7 Å². The predicted octanol–water partition coefficient (Wildman–Crippen LogP) is 2.69. The summed E-state index contributed by atoms with van der Waals surface area (Å²) in [4.78, 5) is 0. The molecule has 15 heavy (non-hydrogen) atoms. The van der Waals surface area contributed by atoms with E-state index in [1.165, 1.54) is 0 Å². The molecule has 88 valence electrons. The average molecular weight is 234 g/mol. The van der Waals surface area contributed by atoms with Crippen molar-refractivity contribution in [1.82, 2.24) is 0 Å². The molecule has 0 aromatic heterocycles. The van der Waals surface area contributed by atoms with Gasteiger partial charge in [0.2, 0.25) is 0 Å². The first kappa shape index (κ1) is 14.6. The van der Waals surface area contributed by atoms with Crippen LogP contribution < -0.4 is 0 Å². The molecule has 0 aliphatic heterocycles. The maximum Gasteiger partial charge on any atom is 0.364 e. The summed E-state index contributed by atoms with van der Waals surface area (Å²) in [5.41, 5.74) is 2.59. The van der Waals surface area contributed by atoms with E-state index in [9.17, 15) is 4.57 Å². The van der Waals surface area contributed by atoms with Gasteiger partial charge in [-0.1, -0.05) is 6.58 Å². The van der Waals surface area contributed by atoms with Crippen LogP contribution in [0.3, 0.4) is 0 Å². The molecule has 5 heteroatoms. The molecule has 0 bridgehead atoms. The van der Waals surface area contributed by atoms with Crippen LogP contribution in [0.25, 0.3) is 0 Å². The molecule has 0 fully saturated rings. The Kier molecular flexibility index (Phi) is 7.67. The van der Waals surface area contributed by atoms with Crippen LogP contribution in [0.5, 0.6) is 0 Å². The number of aliphatic hydroxyl groups excluding tert-OH is 1. The highest BCUT2D eigenvalue weighted by atomic mass is 31.2. The zero-order valence-corrected chi connectivity index (χ0v) is 10.3. The van der Waals surface area contributed by atoms with E-state index < -0.39 is 7.60 Å². The van der Waals surface area contributed by atoms with Gasteiger partial charge in [-0.15, -0.1) is 5.73 Å². The summed E-state index contributed by atoms with van der Waals surface area (Å²) in [6.45, 7) is 7.61. The molecule has 0 aromatic rings. The monoisotopic (exact) mass is 234 g/mol. The van der Waals surface area contributed by atoms with E-state index in [2.05, 4.69) is 12.3 Å². The van der Waals surface area contributed by atoms with Crippen molar-refractivity contribution in [2.24, 2.45) is 0 Å². The molecule has 0 saturated carbocycles. The maximum absolute atomic E-state index is 12.2. The molecule has 0 atom stereocenters. The number of rotatable bonds is 8. The highest BCUT2D eigenvalue weighted by Gasteiger charge is 2.28. The molecule has 1 N–H and O–H groups in total. The Labute approximate surface area is 91.1 Å². The normalized spacial score (nSPS) is 11.1. The molecule has 0 heterocycles. The SMILES string of the molecule is C=C=C(CCCO)P(=O)(OCC)OCC. The van der Waals surface area contributed by atoms with Crippen molar-refractivity contribution < 1.29 is 18.7 Å². The summed E-state index contributed by atoms with van der Waals surface area (Å²) in [6.07, 6.45) is 0.930. The van der Waals surface area contributed by atoms with Crippen LogP contribution in [0.2, 0.25) is 0 Å². The van der Waals surface area contributed by atoms with Gasteiger partial charge < -0.3 is 14.2 Å². The molecule has 0 spiro atoms. The van der Waals surface area contributed by atoms with Gasteiger partial charge in [0.25, 0.3) is 0 Å². The van der Waals surface area contributed by atoms with Crippen molar-refractivity contribution in [3.05, 3.63) is 17.6 Å². The number of allylic oxidation sites excluding steroid dienone is 1. The molecule has 0 aliphatic rings. The van der Waals surface area contributed by atoms with Crippen LogP contribution >= 0.6 is 7.60 Å². The largest absolute Gasteiger partial charge is 0.396 e. The summed E-state index contributed by atoms with van der Waals surface area (Å²) >= 11 is 0. The van der Waals surface area contributed by atoms with Crippen LogP contribution in [0.1, 0.15) is 26.7 Å². The van der Waals surface area contributed by atoms with E-state index in [1.807, 2.05) is 0 Å². The third-order valence-electron chi connectivity index (χ3n) is 1.70. The topological polar surface area (TPSA) is 55.8 Å². The van der Waals surface area contributed by atoms with Crippen LogP contribution in [-0.2, 0) is 13.6 Å². The van der Waals surface area contributed by atoms with Gasteiger partial charge in [-0.25, -0.2) is 0 Å². The first-order chi connectivity index (χ1) is 7.14. The van der Waals surface area contributed by atoms with E-state index in [0.717, 1.165) is 0 Å². The lowest BCUT2D eigenvalue weighted by Gasteiger charge is -2.18. The van der Waals surface area contributed by atoms with Crippen molar-refractivity contribution in [2.45, 2.75) is 26.7 Å². The Morgan fingerprint density at radius 3 is 2.27 bits per heavy atom. The second kappa shape index (κ2) is 7.86. The second-order valence-corrected chi connectivity index (χ2v) is 4.83. The Morgan fingerprint density at radius 1 is 1.40 bits per heavy atom. The molecule has 4 nitrogen and oxygen atoms in total. The molecule has 0 aromatic carbocycles. The lowest BCUT2D eigenvalue weighted by Crippen LogP contribution is -1.99. The van der Waals surface area contributed by atoms with Gasteiger partial charge in [0.15, 0.2) is 0 Å². The minimum Gasteiger partial charge on any atom is -0.396 e. The average Bonchev–Trinajstić information content (AvgIpc) is 2.19. The summed E-state index contributed by atoms with van der Waals surface area (Å²) in [6, 6.07) is 0. The standard InChI is InChI=1S/C10H19O4P/c1-4-10(8-7-9-11)15(12,13-5-2)14-6-3/h11H,1,5-9H2,2-3H3. The second-order valence-electron chi connectivity index (χ2n) is 2.78. The molecule has 0 aliphatic carbocycles. The minimum atomic E-state index is -3.23. The van der Waals surface area contributed by atoms with E-state index in [-0.39, 0.29) is 6.61 Å². The molecular weight excluding hydrogens is 215 g/mol. The van der Waals surface area contributed by atoms with E-state index in [4.69, 9.17) is 14.2 Å². The Bertz CT molecular complexity index is 259. The first-order valence-electron chi connectivity index (χ1n) is 5.04. The number of hydrogen-bond donors (Lipinski definition) is 1. The summed E-state index contributed by atoms with van der Waals surface area (Å²) in [5.74, 6) is 0. The molecular formula is C10H19O4P. The molecule has 0 unspecified atom stereocenters. The van der Waals surface area contributed by atoms with Crippen molar-refractivity contribution in [3.63, 3.8) is 0 Å². The van der Waals surface area contributed by atoms with Gasteiger partial charge in [0, 0.05) is 6.61 Å². The van der Waals surface area contributed by atoms with Gasteiger partial charge in [-0.2, -0.15) is 0 Å². The van der Waals surface area contributed by atoms with Gasteiger partial charge >= 0.3 is 7.60 Å². The van der Waals surface area contributed by atoms with E-state index in [0.29, 0.717) is 31.4 Å². The summed E-state index contributed by atoms with van der Waals surface area (Å²) < 4.78 is 22.4. The third kappa shape index (κ3) is 4.78. The third-order valence-corrected chi connectivity index (χ3v) is 3.94. The fourth-order valence-electron chi connectivity index (χ4n) is 1.10. The fraction of sp³-hybridized carbons (Fsp3) is 0.700. The van der Waals surface area contributed by atoms with Crippen LogP contribution in [0.15, 0.2) is 17.6 Å². The molecule has 0 radical (unpaired) electrons. The van der Waals surface area contributed by atoms with Crippen LogP contribution in [0.4, 0.5) is 0 Å². The van der Waals surface area contributed by atoms with E-state index >= 15 is 0 Å². The van der Waals surface area contributed by atoms with Crippen molar-refractivity contribution >= 4 is 7.60 Å². The highest BCUT2D eigenvalue weighted by molar-refractivity contribution is 7.58. The van der Waals surface area contributed by atoms with Crippen LogP contribution in [-0.4, -0.2) is 24.9 Å². The zero-order valence-electron chi connectivity index (χ0n) is 9.36. The first-order valence-corrected chi connectivity index (χ1v) is 6.58. The number of aliphatic hydroxyl groups is 1. The number of hydrogen-bond acceptors (Lipinski definition) is 4. The molecule has 0 amide bonds. The van der Waals surface area contributed by atoms with E-state index in [1.54, 1.807) is 13.8 Å². The lowest BCUT2D eigenvalue weighted by molar-refractivity contribution is 0.224. The zero-order chi connectivity index (χ0) is 11.7. The minimum absolute atomic E-state index is 0.0312. The Morgan fingerprint density at radius 2 is 1.93 bits per heavy atom. The van der Waals surface area contributed by atoms with Crippen molar-refractivity contribution in [1.29, 1.82) is 0 Å². The van der Waals surface area contributed by atoms with Crippen molar-refractivity contribution in [3.8, 4) is 0 Å². The molecule has 0 rings (SSSR count). The van der Waals surface area contributed by atoms with Crippen molar-refractivity contribution in [2.75, 3.05) is 19.8 Å². The smallest absolute Gasteiger partial charge is 0.364 e. The van der Waals surface area contributed by atoms with Gasteiger partial charge in [-0.3, -0.25) is 4.57 Å². The Hall–Kier alpha value is -0.370. The predicted molar refractivity (Wildman–Crippen MR) is 59.8 cm³/mol. The molecule has 0 saturated heterocycles. The van der Waals surface area contributed by atoms with Gasteiger partial charge in [0.05, 0.1) is 18.5 Å².